The Morgan fingerprint density at radius 2 is 1.66 bits per heavy atom. The van der Waals surface area contributed by atoms with Crippen molar-refractivity contribution >= 4 is 23.4 Å². The summed E-state index contributed by atoms with van der Waals surface area (Å²) in [5.74, 6) is -0.124. The monoisotopic (exact) mass is 438 g/mol. The molecule has 0 radical (unpaired) electrons. The molecule has 2 aromatic rings. The van der Waals surface area contributed by atoms with E-state index in [-0.39, 0.29) is 30.3 Å². The first-order valence-corrected chi connectivity index (χ1v) is 10.9. The molecular weight excluding hydrogens is 408 g/mol. The third-order valence-electron chi connectivity index (χ3n) is 5.22. The molecule has 1 fully saturated rings. The Kier molecular flexibility index (Phi) is 8.62. The Morgan fingerprint density at radius 3 is 2.38 bits per heavy atom. The number of likely N-dealkylation sites (tertiary alicyclic amines) is 1. The molecule has 0 unspecified atom stereocenters. The number of amides is 3. The highest BCUT2D eigenvalue weighted by Crippen LogP contribution is 2.17. The fourth-order valence-electron chi connectivity index (χ4n) is 3.63. The molecule has 3 amide bonds. The van der Waals surface area contributed by atoms with Crippen molar-refractivity contribution in [3.63, 3.8) is 0 Å². The minimum absolute atomic E-state index is 0.0311. The summed E-state index contributed by atoms with van der Waals surface area (Å²) in [6.45, 7) is 3.98. The van der Waals surface area contributed by atoms with E-state index in [1.807, 2.05) is 37.3 Å². The summed E-state index contributed by atoms with van der Waals surface area (Å²) < 4.78 is 5.46. The molecule has 8 heteroatoms. The van der Waals surface area contributed by atoms with Gasteiger partial charge >= 0.3 is 0 Å². The molecular formula is C24H30N4O4. The van der Waals surface area contributed by atoms with Gasteiger partial charge in [-0.25, -0.2) is 0 Å². The quantitative estimate of drug-likeness (QED) is 0.556. The van der Waals surface area contributed by atoms with Crippen LogP contribution in [0.4, 0.5) is 5.69 Å². The predicted octanol–water partition coefficient (Wildman–Crippen LogP) is 2.03. The van der Waals surface area contributed by atoms with Crippen LogP contribution in [-0.4, -0.2) is 61.4 Å². The van der Waals surface area contributed by atoms with Gasteiger partial charge in [-0.2, -0.15) is 0 Å². The first kappa shape index (κ1) is 23.3. The van der Waals surface area contributed by atoms with Gasteiger partial charge in [0.1, 0.15) is 5.75 Å². The molecule has 0 aliphatic carbocycles. The number of anilines is 1. The third kappa shape index (κ3) is 7.09. The summed E-state index contributed by atoms with van der Waals surface area (Å²) >= 11 is 0. The number of benzene rings is 2. The first-order valence-electron chi connectivity index (χ1n) is 10.9. The van der Waals surface area contributed by atoms with Crippen molar-refractivity contribution < 1.29 is 19.1 Å². The van der Waals surface area contributed by atoms with Crippen LogP contribution in [0.5, 0.6) is 5.75 Å². The van der Waals surface area contributed by atoms with E-state index in [0.717, 1.165) is 31.6 Å². The van der Waals surface area contributed by atoms with Crippen LogP contribution in [-0.2, 0) is 9.59 Å². The number of nitrogens with zero attached hydrogens (tertiary/aromatic N) is 1. The Labute approximate surface area is 188 Å². The van der Waals surface area contributed by atoms with Gasteiger partial charge in [-0.05, 0) is 44.0 Å². The van der Waals surface area contributed by atoms with Crippen LogP contribution < -0.4 is 20.7 Å². The predicted molar refractivity (Wildman–Crippen MR) is 123 cm³/mol. The van der Waals surface area contributed by atoms with E-state index in [4.69, 9.17) is 4.74 Å². The Hall–Kier alpha value is -3.39. The van der Waals surface area contributed by atoms with Crippen molar-refractivity contribution in [2.45, 2.75) is 25.8 Å². The highest BCUT2D eigenvalue weighted by Gasteiger charge is 2.22. The molecule has 32 heavy (non-hydrogen) atoms. The van der Waals surface area contributed by atoms with E-state index in [1.54, 1.807) is 24.3 Å². The van der Waals surface area contributed by atoms with Gasteiger partial charge in [-0.15, -0.1) is 0 Å². The summed E-state index contributed by atoms with van der Waals surface area (Å²) in [6, 6.07) is 16.4. The summed E-state index contributed by atoms with van der Waals surface area (Å²) in [6.07, 6.45) is 1.51. The third-order valence-corrected chi connectivity index (χ3v) is 5.22. The molecule has 2 aromatic carbocycles. The van der Waals surface area contributed by atoms with Crippen molar-refractivity contribution in [2.75, 3.05) is 38.1 Å². The van der Waals surface area contributed by atoms with E-state index in [2.05, 4.69) is 20.9 Å². The van der Waals surface area contributed by atoms with Gasteiger partial charge in [0.05, 0.1) is 25.3 Å². The number of hydrogen-bond donors (Lipinski definition) is 3. The molecule has 0 bridgehead atoms. The average molecular weight is 439 g/mol. The largest absolute Gasteiger partial charge is 0.493 e. The zero-order valence-electron chi connectivity index (χ0n) is 18.3. The minimum atomic E-state index is -0.344. The van der Waals surface area contributed by atoms with Crippen molar-refractivity contribution in [2.24, 2.45) is 0 Å². The number of carbonyl (C=O) groups excluding carboxylic acids is 3. The second-order valence-corrected chi connectivity index (χ2v) is 7.64. The van der Waals surface area contributed by atoms with Crippen LogP contribution in [0.25, 0.3) is 0 Å². The fourth-order valence-corrected chi connectivity index (χ4v) is 3.63. The summed E-state index contributed by atoms with van der Waals surface area (Å²) in [7, 11) is 0. The molecule has 8 nitrogen and oxygen atoms in total. The molecule has 3 rings (SSSR count). The average Bonchev–Trinajstić information content (AvgIpc) is 2.80. The van der Waals surface area contributed by atoms with Gasteiger partial charge in [-0.1, -0.05) is 30.3 Å². The van der Waals surface area contributed by atoms with Crippen LogP contribution in [0.15, 0.2) is 54.6 Å². The molecule has 0 spiro atoms. The van der Waals surface area contributed by atoms with Gasteiger partial charge in [0.25, 0.3) is 5.91 Å². The zero-order chi connectivity index (χ0) is 22.8. The topological polar surface area (TPSA) is 99.8 Å². The minimum Gasteiger partial charge on any atom is -0.493 e. The maximum atomic E-state index is 12.4. The van der Waals surface area contributed by atoms with Gasteiger partial charge in [0, 0.05) is 24.8 Å². The standard InChI is InChI=1S/C24H30N4O4/c1-2-32-21-11-7-6-10-20(21)24(31)25-16-22(29)26-19-12-14-28(15-13-19)17-23(30)27-18-8-4-3-5-9-18/h3-11,19H,2,12-17H2,1H3,(H,25,31)(H,26,29)(H,27,30). The highest BCUT2D eigenvalue weighted by atomic mass is 16.5. The van der Waals surface area contributed by atoms with E-state index in [9.17, 15) is 14.4 Å². The maximum Gasteiger partial charge on any atom is 0.255 e. The molecule has 1 saturated heterocycles. The van der Waals surface area contributed by atoms with E-state index in [0.29, 0.717) is 24.5 Å². The smallest absolute Gasteiger partial charge is 0.255 e. The van der Waals surface area contributed by atoms with E-state index in [1.165, 1.54) is 0 Å². The molecule has 0 aromatic heterocycles. The molecule has 1 heterocycles. The fraction of sp³-hybridized carbons (Fsp3) is 0.375. The lowest BCUT2D eigenvalue weighted by Crippen LogP contribution is -2.48. The number of carbonyl (C=O) groups is 3. The maximum absolute atomic E-state index is 12.4. The second-order valence-electron chi connectivity index (χ2n) is 7.64. The van der Waals surface area contributed by atoms with Gasteiger partial charge < -0.3 is 20.7 Å². The summed E-state index contributed by atoms with van der Waals surface area (Å²) in [5, 5.41) is 8.50. The number of nitrogens with one attached hydrogen (secondary N) is 3. The summed E-state index contributed by atoms with van der Waals surface area (Å²) in [4.78, 5) is 39.0. The number of ether oxygens (including phenoxy) is 1. The van der Waals surface area contributed by atoms with Crippen molar-refractivity contribution in [3.05, 3.63) is 60.2 Å². The Balaban J connectivity index is 1.36. The highest BCUT2D eigenvalue weighted by molar-refractivity contribution is 5.98. The van der Waals surface area contributed by atoms with Gasteiger partial charge in [0.2, 0.25) is 11.8 Å². The van der Waals surface area contributed by atoms with Gasteiger partial charge in [0.15, 0.2) is 0 Å². The van der Waals surface area contributed by atoms with E-state index < -0.39 is 0 Å². The number of piperidine rings is 1. The molecule has 0 atom stereocenters. The molecule has 1 aliphatic heterocycles. The van der Waals surface area contributed by atoms with Crippen LogP contribution in [0.2, 0.25) is 0 Å². The van der Waals surface area contributed by atoms with Crippen molar-refractivity contribution in [1.82, 2.24) is 15.5 Å². The summed E-state index contributed by atoms with van der Waals surface area (Å²) in [5.41, 5.74) is 1.19. The van der Waals surface area contributed by atoms with E-state index >= 15 is 0 Å². The van der Waals surface area contributed by atoms with Crippen molar-refractivity contribution in [1.29, 1.82) is 0 Å². The van der Waals surface area contributed by atoms with Gasteiger partial charge in [-0.3, -0.25) is 19.3 Å². The Bertz CT molecular complexity index is 911. The van der Waals surface area contributed by atoms with Crippen LogP contribution in [0.3, 0.4) is 0 Å². The number of para-hydroxylation sites is 2. The molecule has 1 aliphatic rings. The van der Waals surface area contributed by atoms with Crippen LogP contribution in [0.1, 0.15) is 30.1 Å². The second kappa shape index (κ2) is 11.9. The lowest BCUT2D eigenvalue weighted by Gasteiger charge is -2.31. The SMILES string of the molecule is CCOc1ccccc1C(=O)NCC(=O)NC1CCN(CC(=O)Nc2ccccc2)CC1. The molecule has 0 saturated carbocycles. The lowest BCUT2D eigenvalue weighted by molar-refractivity contribution is -0.121. The van der Waals surface area contributed by atoms with Crippen LogP contribution >= 0.6 is 0 Å². The zero-order valence-corrected chi connectivity index (χ0v) is 18.3. The normalized spacial score (nSPS) is 14.4. The van der Waals surface area contributed by atoms with Crippen LogP contribution in [0, 0.1) is 0 Å². The Morgan fingerprint density at radius 1 is 0.969 bits per heavy atom. The lowest BCUT2D eigenvalue weighted by atomic mass is 10.0. The number of rotatable bonds is 9. The first-order chi connectivity index (χ1) is 15.5. The molecule has 3 N–H and O–H groups in total. The van der Waals surface area contributed by atoms with Crippen molar-refractivity contribution in [3.8, 4) is 5.75 Å². The molecule has 170 valence electrons. The number of hydrogen-bond acceptors (Lipinski definition) is 5.